The molecule has 2 rings (SSSR count). The molecule has 0 amide bonds. The smallest absolute Gasteiger partial charge is 0.429 e. The fourth-order valence-electron chi connectivity index (χ4n) is 1.77. The molecule has 1 radical (unpaired) electrons. The van der Waals surface area contributed by atoms with Crippen LogP contribution in [0.15, 0.2) is 17.7 Å². The first-order valence-electron chi connectivity index (χ1n) is 4.96. The van der Waals surface area contributed by atoms with Gasteiger partial charge in [0, 0.05) is 10.6 Å². The summed E-state index contributed by atoms with van der Waals surface area (Å²) in [6.07, 6.45) is -4.57. The van der Waals surface area contributed by atoms with Gasteiger partial charge in [0.1, 0.15) is 5.75 Å². The zero-order valence-electron chi connectivity index (χ0n) is 9.14. The van der Waals surface area contributed by atoms with E-state index in [0.717, 1.165) is 6.08 Å². The molecule has 0 spiro atoms. The molecule has 1 unspecified atom stereocenters. The van der Waals surface area contributed by atoms with E-state index in [0.29, 0.717) is 16.1 Å². The van der Waals surface area contributed by atoms with Crippen LogP contribution in [0.4, 0.5) is 13.2 Å². The summed E-state index contributed by atoms with van der Waals surface area (Å²) in [6, 6.07) is 2.94. The minimum absolute atomic E-state index is 0.0840. The minimum atomic E-state index is -4.66. The summed E-state index contributed by atoms with van der Waals surface area (Å²) in [5, 5.41) is 0.363. The molecule has 0 bridgehead atoms. The molecule has 0 saturated heterocycles. The highest BCUT2D eigenvalue weighted by atomic mass is 35.5. The number of alkyl halides is 3. The maximum Gasteiger partial charge on any atom is 0.429 e. The van der Waals surface area contributed by atoms with Gasteiger partial charge in [-0.3, -0.25) is 4.79 Å². The molecule has 1 aromatic carbocycles. The third-order valence-corrected chi connectivity index (χ3v) is 2.73. The molecule has 0 N–H and O–H groups in total. The molecule has 1 aliphatic heterocycles. The van der Waals surface area contributed by atoms with Crippen LogP contribution in [-0.4, -0.2) is 18.6 Å². The van der Waals surface area contributed by atoms with E-state index in [1.54, 1.807) is 6.92 Å². The SMILES string of the molecule is Cc1cc(Cl)cc2c1OC(C(F)(F)F)C([C]=O)=C2. The molecule has 0 aliphatic carbocycles. The van der Waals surface area contributed by atoms with Crippen molar-refractivity contribution in [2.75, 3.05) is 0 Å². The van der Waals surface area contributed by atoms with E-state index in [-0.39, 0.29) is 5.75 Å². The Morgan fingerprint density at radius 1 is 1.39 bits per heavy atom. The van der Waals surface area contributed by atoms with Crippen LogP contribution in [0.5, 0.6) is 5.75 Å². The number of ether oxygens (including phenoxy) is 1. The second kappa shape index (κ2) is 4.31. The van der Waals surface area contributed by atoms with Crippen LogP contribution in [0, 0.1) is 6.92 Å². The van der Waals surface area contributed by atoms with Gasteiger partial charge < -0.3 is 4.74 Å². The molecule has 0 aromatic heterocycles. The van der Waals surface area contributed by atoms with Gasteiger partial charge in [-0.25, -0.2) is 0 Å². The fraction of sp³-hybridized carbons (Fsp3) is 0.250. The van der Waals surface area contributed by atoms with E-state index in [9.17, 15) is 18.0 Å². The van der Waals surface area contributed by atoms with Gasteiger partial charge in [0.25, 0.3) is 0 Å². The maximum atomic E-state index is 12.7. The molecular formula is C12H7ClF3O2. The first-order valence-corrected chi connectivity index (χ1v) is 5.34. The van der Waals surface area contributed by atoms with E-state index >= 15 is 0 Å². The van der Waals surface area contributed by atoms with Crippen molar-refractivity contribution in [3.8, 4) is 5.75 Å². The van der Waals surface area contributed by atoms with Gasteiger partial charge in [-0.15, -0.1) is 0 Å². The van der Waals surface area contributed by atoms with E-state index < -0.39 is 17.9 Å². The number of hydrogen-bond donors (Lipinski definition) is 0. The van der Waals surface area contributed by atoms with Crippen molar-refractivity contribution in [1.29, 1.82) is 0 Å². The summed E-state index contributed by atoms with van der Waals surface area (Å²) in [7, 11) is 0. The average Bonchev–Trinajstić information content (AvgIpc) is 2.25. The van der Waals surface area contributed by atoms with Gasteiger partial charge >= 0.3 is 6.18 Å². The average molecular weight is 276 g/mol. The third kappa shape index (κ3) is 2.22. The van der Waals surface area contributed by atoms with Crippen LogP contribution in [-0.2, 0) is 4.79 Å². The fourth-order valence-corrected chi connectivity index (χ4v) is 2.06. The molecular weight excluding hydrogens is 269 g/mol. The lowest BCUT2D eigenvalue weighted by atomic mass is 10.00. The molecule has 6 heteroatoms. The molecule has 0 saturated carbocycles. The van der Waals surface area contributed by atoms with Gasteiger partial charge in [0.05, 0.1) is 5.57 Å². The van der Waals surface area contributed by atoms with E-state index in [1.165, 1.54) is 18.4 Å². The second-order valence-electron chi connectivity index (χ2n) is 3.88. The number of aryl methyl sites for hydroxylation is 1. The monoisotopic (exact) mass is 275 g/mol. The predicted octanol–water partition coefficient (Wildman–Crippen LogP) is 3.46. The van der Waals surface area contributed by atoms with Crippen LogP contribution in [0.25, 0.3) is 6.08 Å². The van der Waals surface area contributed by atoms with E-state index in [1.807, 2.05) is 0 Å². The topological polar surface area (TPSA) is 26.3 Å². The van der Waals surface area contributed by atoms with Gasteiger partial charge in [0.2, 0.25) is 12.4 Å². The van der Waals surface area contributed by atoms with Crippen LogP contribution in [0.2, 0.25) is 5.02 Å². The predicted molar refractivity (Wildman–Crippen MR) is 60.3 cm³/mol. The minimum Gasteiger partial charge on any atom is -0.475 e. The van der Waals surface area contributed by atoms with Gasteiger partial charge in [0.15, 0.2) is 0 Å². The Hall–Kier alpha value is -1.49. The molecule has 1 heterocycles. The highest BCUT2D eigenvalue weighted by Gasteiger charge is 2.46. The summed E-state index contributed by atoms with van der Waals surface area (Å²) < 4.78 is 43.0. The largest absolute Gasteiger partial charge is 0.475 e. The standard InChI is InChI=1S/C12H7ClF3O2/c1-6-2-9(13)4-7-3-8(5-17)11(12(14,15)16)18-10(6)7/h2-4,11H,1H3. The van der Waals surface area contributed by atoms with Crippen molar-refractivity contribution in [1.82, 2.24) is 0 Å². The van der Waals surface area contributed by atoms with Gasteiger partial charge in [-0.2, -0.15) is 13.2 Å². The summed E-state index contributed by atoms with van der Waals surface area (Å²) in [4.78, 5) is 10.6. The van der Waals surface area contributed by atoms with Crippen LogP contribution in [0.1, 0.15) is 11.1 Å². The quantitative estimate of drug-likeness (QED) is 0.784. The molecule has 0 fully saturated rings. The molecule has 1 atom stereocenters. The zero-order chi connectivity index (χ0) is 13.5. The summed E-state index contributed by atoms with van der Waals surface area (Å²) in [6.45, 7) is 1.58. The lowest BCUT2D eigenvalue weighted by molar-refractivity contribution is -0.182. The summed E-state index contributed by atoms with van der Waals surface area (Å²) >= 11 is 5.79. The number of carbonyl (C=O) groups excluding carboxylic acids is 1. The molecule has 1 aromatic rings. The zero-order valence-corrected chi connectivity index (χ0v) is 9.89. The Balaban J connectivity index is 2.57. The van der Waals surface area contributed by atoms with Crippen molar-refractivity contribution in [2.45, 2.75) is 19.2 Å². The number of hydrogen-bond acceptors (Lipinski definition) is 2. The first-order chi connectivity index (χ1) is 8.32. The number of rotatable bonds is 1. The molecule has 18 heavy (non-hydrogen) atoms. The second-order valence-corrected chi connectivity index (χ2v) is 4.32. The van der Waals surface area contributed by atoms with Crippen molar-refractivity contribution in [3.05, 3.63) is 33.9 Å². The Labute approximate surface area is 106 Å². The van der Waals surface area contributed by atoms with Crippen molar-refractivity contribution >= 4 is 24.0 Å². The highest BCUT2D eigenvalue weighted by Crippen LogP contribution is 2.39. The number of halogens is 4. The van der Waals surface area contributed by atoms with Crippen molar-refractivity contribution < 1.29 is 22.7 Å². The lowest BCUT2D eigenvalue weighted by Gasteiger charge is -2.27. The van der Waals surface area contributed by atoms with Crippen LogP contribution >= 0.6 is 11.6 Å². The van der Waals surface area contributed by atoms with Gasteiger partial charge in [-0.05, 0) is 30.7 Å². The van der Waals surface area contributed by atoms with E-state index in [2.05, 4.69) is 0 Å². The van der Waals surface area contributed by atoms with Crippen LogP contribution < -0.4 is 4.74 Å². The Bertz CT molecular complexity index is 535. The first kappa shape index (κ1) is 13.0. The third-order valence-electron chi connectivity index (χ3n) is 2.51. The molecule has 95 valence electrons. The highest BCUT2D eigenvalue weighted by molar-refractivity contribution is 6.30. The Morgan fingerprint density at radius 3 is 2.61 bits per heavy atom. The number of fused-ring (bicyclic) bond motifs is 1. The normalized spacial score (nSPS) is 18.7. The molecule has 1 aliphatic rings. The van der Waals surface area contributed by atoms with Crippen molar-refractivity contribution in [2.24, 2.45) is 0 Å². The lowest BCUT2D eigenvalue weighted by Crippen LogP contribution is -2.38. The van der Waals surface area contributed by atoms with Crippen LogP contribution in [0.3, 0.4) is 0 Å². The Kier molecular flexibility index (Phi) is 3.11. The number of benzene rings is 1. The summed E-state index contributed by atoms with van der Waals surface area (Å²) in [5.74, 6) is 0.0840. The van der Waals surface area contributed by atoms with Gasteiger partial charge in [-0.1, -0.05) is 11.6 Å². The van der Waals surface area contributed by atoms with E-state index in [4.69, 9.17) is 16.3 Å². The van der Waals surface area contributed by atoms with Crippen molar-refractivity contribution in [3.63, 3.8) is 0 Å². The maximum absolute atomic E-state index is 12.7. The summed E-state index contributed by atoms with van der Waals surface area (Å²) in [5.41, 5.74) is 0.239. The molecule has 2 nitrogen and oxygen atoms in total. The Morgan fingerprint density at radius 2 is 2.06 bits per heavy atom.